The van der Waals surface area contributed by atoms with Crippen molar-refractivity contribution in [2.75, 3.05) is 7.05 Å². The van der Waals surface area contributed by atoms with Gasteiger partial charge < -0.3 is 19.2 Å². The Morgan fingerprint density at radius 1 is 1.20 bits per heavy atom. The van der Waals surface area contributed by atoms with Crippen LogP contribution in [0.5, 0.6) is 0 Å². The molecule has 130 valence electrons. The normalized spacial score (nSPS) is 10.6. The molecular formula is C19H22N4O2. The van der Waals surface area contributed by atoms with Crippen LogP contribution in [0.15, 0.2) is 59.5 Å². The van der Waals surface area contributed by atoms with Crippen molar-refractivity contribution < 1.29 is 9.21 Å². The number of amides is 2. The number of aromatic nitrogens is 2. The number of imidazole rings is 1. The maximum atomic E-state index is 12.2. The molecule has 0 saturated heterocycles. The first-order chi connectivity index (χ1) is 12.1. The van der Waals surface area contributed by atoms with Crippen molar-refractivity contribution in [1.29, 1.82) is 0 Å². The molecule has 0 atom stereocenters. The summed E-state index contributed by atoms with van der Waals surface area (Å²) in [6.45, 7) is 3.62. The van der Waals surface area contributed by atoms with Gasteiger partial charge in [-0.1, -0.05) is 24.3 Å². The van der Waals surface area contributed by atoms with E-state index >= 15 is 0 Å². The van der Waals surface area contributed by atoms with Crippen molar-refractivity contribution in [2.24, 2.45) is 0 Å². The molecule has 3 rings (SSSR count). The Bertz CT molecular complexity index is 806. The zero-order chi connectivity index (χ0) is 17.6. The van der Waals surface area contributed by atoms with Gasteiger partial charge in [0.25, 0.3) is 0 Å². The van der Waals surface area contributed by atoms with Gasteiger partial charge in [-0.25, -0.2) is 9.78 Å². The van der Waals surface area contributed by atoms with Crippen LogP contribution in [-0.2, 0) is 19.6 Å². The number of carbonyl (C=O) groups is 1. The summed E-state index contributed by atoms with van der Waals surface area (Å²) in [7, 11) is 1.75. The minimum atomic E-state index is -0.128. The lowest BCUT2D eigenvalue weighted by Gasteiger charge is -2.16. The van der Waals surface area contributed by atoms with E-state index in [1.165, 1.54) is 5.56 Å². The number of benzene rings is 1. The molecular weight excluding hydrogens is 316 g/mol. The molecule has 2 aromatic heterocycles. The molecule has 6 heteroatoms. The largest absolute Gasteiger partial charge is 0.464 e. The molecule has 0 aliphatic carbocycles. The van der Waals surface area contributed by atoms with Gasteiger partial charge in [-0.2, -0.15) is 0 Å². The minimum absolute atomic E-state index is 0.128. The van der Waals surface area contributed by atoms with Gasteiger partial charge in [0, 0.05) is 32.5 Å². The maximum Gasteiger partial charge on any atom is 0.317 e. The number of carbonyl (C=O) groups excluding carboxylic acids is 1. The van der Waals surface area contributed by atoms with Crippen LogP contribution in [0.3, 0.4) is 0 Å². The summed E-state index contributed by atoms with van der Waals surface area (Å²) in [4.78, 5) is 17.8. The van der Waals surface area contributed by atoms with Crippen molar-refractivity contribution in [3.8, 4) is 0 Å². The highest BCUT2D eigenvalue weighted by atomic mass is 16.3. The molecule has 0 radical (unpaired) electrons. The third-order valence-electron chi connectivity index (χ3n) is 3.93. The van der Waals surface area contributed by atoms with Crippen LogP contribution in [0.25, 0.3) is 0 Å². The van der Waals surface area contributed by atoms with Crippen LogP contribution < -0.4 is 5.32 Å². The molecule has 0 aliphatic heterocycles. The van der Waals surface area contributed by atoms with Gasteiger partial charge in [-0.05, 0) is 30.2 Å². The van der Waals surface area contributed by atoms with Crippen LogP contribution in [-0.4, -0.2) is 27.5 Å². The number of hydrogen-bond donors (Lipinski definition) is 1. The lowest BCUT2D eigenvalue weighted by Crippen LogP contribution is -2.36. The number of aryl methyl sites for hydroxylation is 1. The zero-order valence-corrected chi connectivity index (χ0v) is 14.5. The van der Waals surface area contributed by atoms with Crippen LogP contribution in [0.2, 0.25) is 0 Å². The molecule has 3 aromatic rings. The van der Waals surface area contributed by atoms with E-state index in [-0.39, 0.29) is 6.03 Å². The Balaban J connectivity index is 1.48. The van der Waals surface area contributed by atoms with Crippen molar-refractivity contribution in [3.63, 3.8) is 0 Å². The molecule has 0 unspecified atom stereocenters. The Morgan fingerprint density at radius 2 is 1.96 bits per heavy atom. The van der Waals surface area contributed by atoms with E-state index in [2.05, 4.69) is 22.4 Å². The summed E-state index contributed by atoms with van der Waals surface area (Å²) in [6.07, 6.45) is 5.50. The number of furan rings is 1. The van der Waals surface area contributed by atoms with E-state index in [4.69, 9.17) is 4.42 Å². The molecule has 25 heavy (non-hydrogen) atoms. The first-order valence-corrected chi connectivity index (χ1v) is 8.18. The van der Waals surface area contributed by atoms with E-state index in [0.29, 0.717) is 13.1 Å². The Morgan fingerprint density at radius 3 is 2.60 bits per heavy atom. The number of urea groups is 1. The lowest BCUT2D eigenvalue weighted by atomic mass is 10.1. The summed E-state index contributed by atoms with van der Waals surface area (Å²) in [5, 5.41) is 2.92. The van der Waals surface area contributed by atoms with Crippen LogP contribution >= 0.6 is 0 Å². The Kier molecular flexibility index (Phi) is 5.18. The molecule has 6 nitrogen and oxygen atoms in total. The SMILES string of the molecule is Cc1ccc(CN(C)C(=O)NCc2ccc(Cn3ccnc3)cc2)o1. The van der Waals surface area contributed by atoms with E-state index in [1.807, 2.05) is 42.0 Å². The quantitative estimate of drug-likeness (QED) is 0.751. The highest BCUT2D eigenvalue weighted by molar-refractivity contribution is 5.73. The first kappa shape index (κ1) is 16.8. The highest BCUT2D eigenvalue weighted by Gasteiger charge is 2.10. The van der Waals surface area contributed by atoms with Gasteiger partial charge in [-0.15, -0.1) is 0 Å². The second kappa shape index (κ2) is 7.70. The van der Waals surface area contributed by atoms with Crippen molar-refractivity contribution in [3.05, 3.63) is 77.8 Å². The molecule has 0 fully saturated rings. The molecule has 2 amide bonds. The predicted molar refractivity (Wildman–Crippen MR) is 94.9 cm³/mol. The summed E-state index contributed by atoms with van der Waals surface area (Å²) in [5.74, 6) is 1.62. The molecule has 0 aliphatic rings. The Labute approximate surface area is 147 Å². The molecule has 0 saturated carbocycles. The number of nitrogens with one attached hydrogen (secondary N) is 1. The van der Waals surface area contributed by atoms with Crippen LogP contribution in [0.1, 0.15) is 22.6 Å². The van der Waals surface area contributed by atoms with Gasteiger partial charge in [0.1, 0.15) is 11.5 Å². The number of nitrogens with zero attached hydrogens (tertiary/aromatic N) is 3. The molecule has 1 N–H and O–H groups in total. The van der Waals surface area contributed by atoms with E-state index in [0.717, 1.165) is 23.6 Å². The van der Waals surface area contributed by atoms with Gasteiger partial charge in [0.05, 0.1) is 12.9 Å². The van der Waals surface area contributed by atoms with Gasteiger partial charge in [0.2, 0.25) is 0 Å². The average Bonchev–Trinajstić information content (AvgIpc) is 3.25. The standard InChI is InChI=1S/C19H22N4O2/c1-15-3-8-18(25-15)13-22(2)19(24)21-11-16-4-6-17(7-5-16)12-23-10-9-20-14-23/h3-10,14H,11-13H2,1-2H3,(H,21,24). The van der Waals surface area contributed by atoms with Gasteiger partial charge >= 0.3 is 6.03 Å². The minimum Gasteiger partial charge on any atom is -0.464 e. The van der Waals surface area contributed by atoms with E-state index in [9.17, 15) is 4.79 Å². The fourth-order valence-electron chi connectivity index (χ4n) is 2.54. The topological polar surface area (TPSA) is 63.3 Å². The van der Waals surface area contributed by atoms with E-state index < -0.39 is 0 Å². The average molecular weight is 338 g/mol. The molecule has 2 heterocycles. The molecule has 1 aromatic carbocycles. The fourth-order valence-corrected chi connectivity index (χ4v) is 2.54. The highest BCUT2D eigenvalue weighted by Crippen LogP contribution is 2.09. The summed E-state index contributed by atoms with van der Waals surface area (Å²) in [5.41, 5.74) is 2.25. The maximum absolute atomic E-state index is 12.2. The molecule has 0 bridgehead atoms. The van der Waals surface area contributed by atoms with Crippen LogP contribution in [0, 0.1) is 6.92 Å². The number of rotatable bonds is 6. The second-order valence-corrected chi connectivity index (χ2v) is 6.08. The predicted octanol–water partition coefficient (Wildman–Crippen LogP) is 3.17. The first-order valence-electron chi connectivity index (χ1n) is 8.18. The summed E-state index contributed by atoms with van der Waals surface area (Å²) < 4.78 is 7.51. The summed E-state index contributed by atoms with van der Waals surface area (Å²) >= 11 is 0. The lowest BCUT2D eigenvalue weighted by molar-refractivity contribution is 0.202. The van der Waals surface area contributed by atoms with E-state index in [1.54, 1.807) is 24.5 Å². The third-order valence-corrected chi connectivity index (χ3v) is 3.93. The zero-order valence-electron chi connectivity index (χ0n) is 14.5. The summed E-state index contributed by atoms with van der Waals surface area (Å²) in [6, 6.07) is 11.8. The van der Waals surface area contributed by atoms with Crippen molar-refractivity contribution in [1.82, 2.24) is 19.8 Å². The smallest absolute Gasteiger partial charge is 0.317 e. The van der Waals surface area contributed by atoms with Gasteiger partial charge in [-0.3, -0.25) is 0 Å². The monoisotopic (exact) mass is 338 g/mol. The second-order valence-electron chi connectivity index (χ2n) is 6.08. The van der Waals surface area contributed by atoms with Crippen LogP contribution in [0.4, 0.5) is 4.79 Å². The fraction of sp³-hybridized carbons (Fsp3) is 0.263. The molecule has 0 spiro atoms. The van der Waals surface area contributed by atoms with Crippen molar-refractivity contribution in [2.45, 2.75) is 26.6 Å². The third kappa shape index (κ3) is 4.73. The number of hydrogen-bond acceptors (Lipinski definition) is 3. The Hall–Kier alpha value is -3.02. The van der Waals surface area contributed by atoms with Gasteiger partial charge in [0.15, 0.2) is 0 Å². The van der Waals surface area contributed by atoms with Crippen molar-refractivity contribution >= 4 is 6.03 Å².